The molecule has 6 heteroatoms. The fraction of sp³-hybridized carbons (Fsp3) is 0.467. The van der Waals surface area contributed by atoms with Crippen molar-refractivity contribution in [3.05, 3.63) is 28.8 Å². The van der Waals surface area contributed by atoms with E-state index in [0.717, 1.165) is 18.5 Å². The van der Waals surface area contributed by atoms with Crippen LogP contribution in [0.1, 0.15) is 25.3 Å². The molecule has 0 radical (unpaired) electrons. The Morgan fingerprint density at radius 3 is 2.62 bits per heavy atom. The van der Waals surface area contributed by atoms with E-state index in [4.69, 9.17) is 11.6 Å². The van der Waals surface area contributed by atoms with Crippen molar-refractivity contribution in [3.8, 4) is 0 Å². The lowest BCUT2D eigenvalue weighted by atomic mass is 10.2. The molecule has 0 fully saturated rings. The van der Waals surface area contributed by atoms with Gasteiger partial charge in [0.1, 0.15) is 0 Å². The van der Waals surface area contributed by atoms with Crippen molar-refractivity contribution in [1.29, 1.82) is 0 Å². The van der Waals surface area contributed by atoms with Crippen molar-refractivity contribution in [2.45, 2.75) is 26.7 Å². The van der Waals surface area contributed by atoms with Crippen LogP contribution in [-0.4, -0.2) is 32.0 Å². The van der Waals surface area contributed by atoms with Crippen molar-refractivity contribution in [1.82, 2.24) is 10.6 Å². The Morgan fingerprint density at radius 1 is 1.29 bits per heavy atom. The molecule has 0 unspecified atom stereocenters. The highest BCUT2D eigenvalue weighted by molar-refractivity contribution is 6.33. The van der Waals surface area contributed by atoms with E-state index >= 15 is 0 Å². The summed E-state index contributed by atoms with van der Waals surface area (Å²) in [5, 5.41) is 9.59. The summed E-state index contributed by atoms with van der Waals surface area (Å²) in [7, 11) is 1.71. The van der Waals surface area contributed by atoms with Gasteiger partial charge < -0.3 is 16.0 Å². The molecule has 1 amide bonds. The number of benzene rings is 1. The molecule has 0 aliphatic carbocycles. The third-order valence-corrected chi connectivity index (χ3v) is 3.12. The van der Waals surface area contributed by atoms with E-state index in [9.17, 15) is 4.79 Å². The summed E-state index contributed by atoms with van der Waals surface area (Å²) in [4.78, 5) is 15.9. The zero-order valence-electron chi connectivity index (χ0n) is 12.8. The SMILES string of the molecule is CCCNC(=NC)NCCC(=O)Nc1ccc(C)cc1Cl. The summed E-state index contributed by atoms with van der Waals surface area (Å²) in [5.41, 5.74) is 1.70. The number of carbonyl (C=O) groups excluding carboxylic acids is 1. The Labute approximate surface area is 131 Å². The second-order valence-electron chi connectivity index (χ2n) is 4.71. The minimum absolute atomic E-state index is 0.0841. The molecule has 1 aromatic rings. The molecule has 3 N–H and O–H groups in total. The highest BCUT2D eigenvalue weighted by Crippen LogP contribution is 2.22. The van der Waals surface area contributed by atoms with Crippen molar-refractivity contribution < 1.29 is 4.79 Å². The van der Waals surface area contributed by atoms with Crippen LogP contribution in [-0.2, 0) is 4.79 Å². The summed E-state index contributed by atoms with van der Waals surface area (Å²) in [6, 6.07) is 5.55. The van der Waals surface area contributed by atoms with Crippen LogP contribution in [0.15, 0.2) is 23.2 Å². The van der Waals surface area contributed by atoms with Crippen molar-refractivity contribution >= 4 is 29.2 Å². The lowest BCUT2D eigenvalue weighted by Crippen LogP contribution is -2.38. The van der Waals surface area contributed by atoms with E-state index in [0.29, 0.717) is 29.6 Å². The summed E-state index contributed by atoms with van der Waals surface area (Å²) >= 11 is 6.08. The number of halogens is 1. The van der Waals surface area contributed by atoms with Gasteiger partial charge >= 0.3 is 0 Å². The van der Waals surface area contributed by atoms with Gasteiger partial charge in [-0.2, -0.15) is 0 Å². The Bertz CT molecular complexity index is 502. The predicted molar refractivity (Wildman–Crippen MR) is 89.1 cm³/mol. The molecule has 21 heavy (non-hydrogen) atoms. The maximum atomic E-state index is 11.9. The third-order valence-electron chi connectivity index (χ3n) is 2.81. The van der Waals surface area contributed by atoms with Crippen LogP contribution >= 0.6 is 11.6 Å². The molecule has 0 saturated carbocycles. The Morgan fingerprint density at radius 2 is 2.00 bits per heavy atom. The quantitative estimate of drug-likeness (QED) is 0.559. The third kappa shape index (κ3) is 6.49. The van der Waals surface area contributed by atoms with E-state index in [2.05, 4.69) is 27.9 Å². The zero-order valence-corrected chi connectivity index (χ0v) is 13.5. The number of aryl methyl sites for hydroxylation is 1. The second kappa shape index (κ2) is 9.23. The molecule has 0 spiro atoms. The van der Waals surface area contributed by atoms with Gasteiger partial charge in [0, 0.05) is 26.6 Å². The van der Waals surface area contributed by atoms with Gasteiger partial charge in [-0.05, 0) is 31.0 Å². The van der Waals surface area contributed by atoms with Crippen LogP contribution in [0.3, 0.4) is 0 Å². The Balaban J connectivity index is 2.37. The number of aliphatic imine (C=N–C) groups is 1. The summed E-state index contributed by atoms with van der Waals surface area (Å²) < 4.78 is 0. The van der Waals surface area contributed by atoms with Gasteiger partial charge in [0.05, 0.1) is 10.7 Å². The zero-order chi connectivity index (χ0) is 15.7. The number of hydrogen-bond donors (Lipinski definition) is 3. The maximum Gasteiger partial charge on any atom is 0.226 e. The fourth-order valence-electron chi connectivity index (χ4n) is 1.69. The van der Waals surface area contributed by atoms with Gasteiger partial charge in [-0.15, -0.1) is 0 Å². The molecular formula is C15H23ClN4O. The first-order chi connectivity index (χ1) is 10.1. The van der Waals surface area contributed by atoms with E-state index in [-0.39, 0.29) is 5.91 Å². The number of hydrogen-bond acceptors (Lipinski definition) is 2. The van der Waals surface area contributed by atoms with Crippen molar-refractivity contribution in [3.63, 3.8) is 0 Å². The molecule has 0 aromatic heterocycles. The lowest BCUT2D eigenvalue weighted by molar-refractivity contribution is -0.116. The van der Waals surface area contributed by atoms with Crippen LogP contribution in [0.4, 0.5) is 5.69 Å². The Kier molecular flexibility index (Phi) is 7.61. The summed E-state index contributed by atoms with van der Waals surface area (Å²) in [6.45, 7) is 5.40. The molecule has 0 aliphatic heterocycles. The average molecular weight is 311 g/mol. The number of amides is 1. The van der Waals surface area contributed by atoms with Crippen molar-refractivity contribution in [2.24, 2.45) is 4.99 Å². The number of anilines is 1. The molecule has 116 valence electrons. The van der Waals surface area contributed by atoms with Gasteiger partial charge in [0.25, 0.3) is 0 Å². The number of guanidine groups is 1. The first-order valence-corrected chi connectivity index (χ1v) is 7.45. The lowest BCUT2D eigenvalue weighted by Gasteiger charge is -2.11. The average Bonchev–Trinajstić information content (AvgIpc) is 2.45. The van der Waals surface area contributed by atoms with Gasteiger partial charge in [-0.3, -0.25) is 9.79 Å². The van der Waals surface area contributed by atoms with Crippen molar-refractivity contribution in [2.75, 3.05) is 25.5 Å². The standard InChI is InChI=1S/C15H23ClN4O/c1-4-8-18-15(17-3)19-9-7-14(21)20-13-6-5-11(2)10-12(13)16/h5-6,10H,4,7-9H2,1-3H3,(H,20,21)(H2,17,18,19). The van der Waals surface area contributed by atoms with Crippen LogP contribution in [0.2, 0.25) is 5.02 Å². The first-order valence-electron chi connectivity index (χ1n) is 7.07. The molecule has 0 aliphatic rings. The minimum Gasteiger partial charge on any atom is -0.356 e. The molecule has 0 heterocycles. The number of rotatable bonds is 6. The van der Waals surface area contributed by atoms with Crippen LogP contribution in [0.25, 0.3) is 0 Å². The smallest absolute Gasteiger partial charge is 0.226 e. The number of carbonyl (C=O) groups is 1. The normalized spacial score (nSPS) is 11.1. The predicted octanol–water partition coefficient (Wildman–Crippen LogP) is 2.55. The first kappa shape index (κ1) is 17.3. The molecule has 5 nitrogen and oxygen atoms in total. The van der Waals surface area contributed by atoms with Crippen LogP contribution in [0, 0.1) is 6.92 Å². The number of nitrogens with zero attached hydrogens (tertiary/aromatic N) is 1. The molecule has 1 rings (SSSR count). The molecular weight excluding hydrogens is 288 g/mol. The second-order valence-corrected chi connectivity index (χ2v) is 5.11. The van der Waals surface area contributed by atoms with Gasteiger partial charge in [0.2, 0.25) is 5.91 Å². The number of nitrogens with one attached hydrogen (secondary N) is 3. The summed E-state index contributed by atoms with van der Waals surface area (Å²) in [5.74, 6) is 0.622. The van der Waals surface area contributed by atoms with E-state index in [1.54, 1.807) is 7.05 Å². The van der Waals surface area contributed by atoms with Crippen LogP contribution in [0.5, 0.6) is 0 Å². The highest BCUT2D eigenvalue weighted by Gasteiger charge is 2.06. The molecule has 0 bridgehead atoms. The maximum absolute atomic E-state index is 11.9. The molecule has 0 atom stereocenters. The molecule has 0 saturated heterocycles. The Hall–Kier alpha value is -1.75. The topological polar surface area (TPSA) is 65.5 Å². The molecule has 1 aromatic carbocycles. The van der Waals surface area contributed by atoms with Crippen LogP contribution < -0.4 is 16.0 Å². The highest BCUT2D eigenvalue weighted by atomic mass is 35.5. The van der Waals surface area contributed by atoms with E-state index < -0.39 is 0 Å². The van der Waals surface area contributed by atoms with Gasteiger partial charge in [-0.25, -0.2) is 0 Å². The minimum atomic E-state index is -0.0841. The summed E-state index contributed by atoms with van der Waals surface area (Å²) in [6.07, 6.45) is 1.37. The van der Waals surface area contributed by atoms with Gasteiger partial charge in [0.15, 0.2) is 5.96 Å². The van der Waals surface area contributed by atoms with E-state index in [1.165, 1.54) is 0 Å². The fourth-order valence-corrected chi connectivity index (χ4v) is 1.98. The largest absolute Gasteiger partial charge is 0.356 e. The van der Waals surface area contributed by atoms with E-state index in [1.807, 2.05) is 25.1 Å². The monoisotopic (exact) mass is 310 g/mol. The van der Waals surface area contributed by atoms with Gasteiger partial charge in [-0.1, -0.05) is 24.6 Å².